The molecule has 1 atom stereocenters. The van der Waals surface area contributed by atoms with Crippen molar-refractivity contribution < 1.29 is 28.8 Å². The lowest BCUT2D eigenvalue weighted by Crippen LogP contribution is -2.22. The Labute approximate surface area is 239 Å². The van der Waals surface area contributed by atoms with Crippen molar-refractivity contribution in [2.24, 2.45) is 0 Å². The molecule has 0 radical (unpaired) electrons. The first kappa shape index (κ1) is 29.6. The van der Waals surface area contributed by atoms with Crippen LogP contribution in [0.3, 0.4) is 0 Å². The molecule has 1 N–H and O–H groups in total. The zero-order valence-corrected chi connectivity index (χ0v) is 25.2. The van der Waals surface area contributed by atoms with Gasteiger partial charge < -0.3 is 24.1 Å². The summed E-state index contributed by atoms with van der Waals surface area (Å²) in [5.74, 6) is 1.79. The maximum Gasteiger partial charge on any atom is 0.174 e. The van der Waals surface area contributed by atoms with Gasteiger partial charge in [0.1, 0.15) is 28.9 Å². The number of hydrogen-bond donors (Lipinski definition) is 1. The van der Waals surface area contributed by atoms with E-state index in [0.29, 0.717) is 41.4 Å². The van der Waals surface area contributed by atoms with Crippen LogP contribution >= 0.6 is 22.6 Å². The minimum absolute atomic E-state index is 0.0801. The van der Waals surface area contributed by atoms with E-state index in [2.05, 4.69) is 54.7 Å². The number of hydrogen-bond acceptors (Lipinski definition) is 6. The Kier molecular flexibility index (Phi) is 10.7. The van der Waals surface area contributed by atoms with Gasteiger partial charge in [-0.25, -0.2) is 0 Å². The first-order chi connectivity index (χ1) is 18.2. The van der Waals surface area contributed by atoms with Gasteiger partial charge in [0.15, 0.2) is 17.3 Å². The van der Waals surface area contributed by atoms with Crippen LogP contribution < -0.4 is 18.9 Å². The Balaban J connectivity index is 2.00. The first-order valence-electron chi connectivity index (χ1n) is 12.7. The van der Waals surface area contributed by atoms with E-state index in [1.54, 1.807) is 27.4 Å². The van der Waals surface area contributed by atoms with E-state index in [9.17, 15) is 9.90 Å². The van der Waals surface area contributed by atoms with Gasteiger partial charge in [0.25, 0.3) is 0 Å². The highest BCUT2D eigenvalue weighted by Gasteiger charge is 2.34. The van der Waals surface area contributed by atoms with Crippen molar-refractivity contribution in [3.8, 4) is 28.7 Å². The van der Waals surface area contributed by atoms with Crippen LogP contribution in [-0.2, 0) is 12.8 Å². The van der Waals surface area contributed by atoms with Crippen molar-refractivity contribution in [1.82, 2.24) is 0 Å². The lowest BCUT2D eigenvalue weighted by molar-refractivity contribution is 0.0843. The molecule has 6 nitrogen and oxygen atoms in total. The summed E-state index contributed by atoms with van der Waals surface area (Å²) in [7, 11) is 4.76. The molecule has 0 spiro atoms. The molecule has 0 saturated carbocycles. The standard InChI is InChI=1S/C31H37IO6/c1-19(2)11-9-7-8-10-12-22-21(15-16-25(35-4)31(22)37-6)27-17-24(33)29-28(38-27)18-26(36-5)23(30(29)34)14-13-20(3)32/h8,10-11,13,15-16,18,27,34H,7,9,12,14,17H2,1-6H3/b10-8+,20-13+/t27-/m0/s1. The minimum atomic E-state index is -0.546. The summed E-state index contributed by atoms with van der Waals surface area (Å²) in [6.07, 6.45) is 11.0. The topological polar surface area (TPSA) is 74.2 Å². The molecule has 0 aromatic heterocycles. The number of halogens is 1. The Bertz CT molecular complexity index is 1250. The van der Waals surface area contributed by atoms with Crippen molar-refractivity contribution in [2.45, 2.75) is 59.0 Å². The van der Waals surface area contributed by atoms with Crippen LogP contribution in [-0.4, -0.2) is 32.2 Å². The van der Waals surface area contributed by atoms with Gasteiger partial charge in [-0.3, -0.25) is 4.79 Å². The number of ether oxygens (including phenoxy) is 4. The molecule has 2 aromatic carbocycles. The third-order valence-corrected chi connectivity index (χ3v) is 6.90. The van der Waals surface area contributed by atoms with Crippen LogP contribution in [0.25, 0.3) is 0 Å². The molecule has 1 aliphatic heterocycles. The molecule has 1 heterocycles. The summed E-state index contributed by atoms with van der Waals surface area (Å²) in [6.45, 7) is 6.17. The van der Waals surface area contributed by atoms with Gasteiger partial charge in [-0.1, -0.05) is 35.9 Å². The number of benzene rings is 2. The number of carbonyl (C=O) groups excluding carboxylic acids is 1. The number of ketones is 1. The molecule has 3 rings (SSSR count). The highest BCUT2D eigenvalue weighted by molar-refractivity contribution is 14.1. The Morgan fingerprint density at radius 3 is 2.37 bits per heavy atom. The van der Waals surface area contributed by atoms with Gasteiger partial charge >= 0.3 is 0 Å². The normalized spacial score (nSPS) is 15.2. The number of carbonyl (C=O) groups is 1. The van der Waals surface area contributed by atoms with Gasteiger partial charge in [0.2, 0.25) is 0 Å². The van der Waals surface area contributed by atoms with Crippen molar-refractivity contribution in [2.75, 3.05) is 21.3 Å². The number of rotatable bonds is 11. The molecule has 0 bridgehead atoms. The number of aromatic hydroxyl groups is 1. The first-order valence-corrected chi connectivity index (χ1v) is 13.8. The van der Waals surface area contributed by atoms with Crippen LogP contribution in [0.2, 0.25) is 0 Å². The highest BCUT2D eigenvalue weighted by atomic mass is 127. The summed E-state index contributed by atoms with van der Waals surface area (Å²) >= 11 is 2.21. The number of phenolic OH excluding ortho intramolecular Hbond substituents is 1. The third kappa shape index (κ3) is 6.92. The van der Waals surface area contributed by atoms with E-state index >= 15 is 0 Å². The maximum atomic E-state index is 13.4. The molecule has 7 heteroatoms. The van der Waals surface area contributed by atoms with Crippen molar-refractivity contribution in [1.29, 1.82) is 0 Å². The summed E-state index contributed by atoms with van der Waals surface area (Å²) in [5.41, 5.74) is 3.84. The summed E-state index contributed by atoms with van der Waals surface area (Å²) in [5, 5.41) is 11.1. The van der Waals surface area contributed by atoms with Crippen molar-refractivity contribution in [3.63, 3.8) is 0 Å². The number of methoxy groups -OCH3 is 3. The molecule has 2 aromatic rings. The third-order valence-electron chi connectivity index (χ3n) is 6.46. The molecule has 0 unspecified atom stereocenters. The summed E-state index contributed by atoms with van der Waals surface area (Å²) in [6, 6.07) is 5.46. The average Bonchev–Trinajstić information content (AvgIpc) is 2.88. The molecule has 204 valence electrons. The fourth-order valence-electron chi connectivity index (χ4n) is 4.59. The van der Waals surface area contributed by atoms with E-state index in [1.807, 2.05) is 25.1 Å². The van der Waals surface area contributed by atoms with Gasteiger partial charge in [0, 0.05) is 22.8 Å². The van der Waals surface area contributed by atoms with Crippen LogP contribution in [0, 0.1) is 0 Å². The highest BCUT2D eigenvalue weighted by Crippen LogP contribution is 2.47. The van der Waals surface area contributed by atoms with Gasteiger partial charge in [0.05, 0.1) is 27.8 Å². The van der Waals surface area contributed by atoms with Gasteiger partial charge in [-0.05, 0) is 78.7 Å². The number of unbranched alkanes of at least 4 members (excludes halogenated alkanes) is 1. The zero-order chi connectivity index (χ0) is 27.8. The molecular formula is C31H37IO6. The van der Waals surface area contributed by atoms with E-state index in [0.717, 1.165) is 27.5 Å². The Morgan fingerprint density at radius 1 is 1.00 bits per heavy atom. The number of allylic oxidation sites excluding steroid dienone is 6. The van der Waals surface area contributed by atoms with Crippen molar-refractivity contribution >= 4 is 28.4 Å². The molecule has 0 aliphatic carbocycles. The summed E-state index contributed by atoms with van der Waals surface area (Å²) < 4.78 is 24.3. The fraction of sp³-hybridized carbons (Fsp3) is 0.387. The largest absolute Gasteiger partial charge is 0.507 e. The number of phenols is 1. The molecular weight excluding hydrogens is 595 g/mol. The quantitative estimate of drug-likeness (QED) is 0.155. The predicted octanol–water partition coefficient (Wildman–Crippen LogP) is 7.85. The molecule has 0 fully saturated rings. The maximum absolute atomic E-state index is 13.4. The Morgan fingerprint density at radius 2 is 1.74 bits per heavy atom. The zero-order valence-electron chi connectivity index (χ0n) is 23.0. The second-order valence-corrected chi connectivity index (χ2v) is 11.1. The number of Topliss-reactive ketones (excluding diaryl/α,β-unsaturated/α-hetero) is 1. The summed E-state index contributed by atoms with van der Waals surface area (Å²) in [4.78, 5) is 13.4. The van der Waals surface area contributed by atoms with Gasteiger partial charge in [-0.2, -0.15) is 0 Å². The fourth-order valence-corrected chi connectivity index (χ4v) is 4.81. The van der Waals surface area contributed by atoms with Crippen LogP contribution in [0.5, 0.6) is 28.7 Å². The van der Waals surface area contributed by atoms with Crippen LogP contribution in [0.1, 0.15) is 73.2 Å². The van der Waals surface area contributed by atoms with E-state index in [4.69, 9.17) is 18.9 Å². The lowest BCUT2D eigenvalue weighted by atomic mass is 9.90. The molecule has 0 saturated heterocycles. The SMILES string of the molecule is COc1cc2c(c(O)c1C/C=C(\C)I)C(=O)C[C@@H](c1ccc(OC)c(OC)c1C/C=C/CCC=C(C)C)O2. The predicted molar refractivity (Wildman–Crippen MR) is 160 cm³/mol. The van der Waals surface area contributed by atoms with Crippen LogP contribution in [0.4, 0.5) is 0 Å². The van der Waals surface area contributed by atoms with E-state index in [1.165, 1.54) is 5.57 Å². The second-order valence-electron chi connectivity index (χ2n) is 9.41. The van der Waals surface area contributed by atoms with Crippen LogP contribution in [0.15, 0.2) is 51.7 Å². The molecule has 38 heavy (non-hydrogen) atoms. The van der Waals surface area contributed by atoms with Gasteiger partial charge in [-0.15, -0.1) is 0 Å². The average molecular weight is 633 g/mol. The monoisotopic (exact) mass is 632 g/mol. The van der Waals surface area contributed by atoms with Crippen molar-refractivity contribution in [3.05, 3.63) is 73.9 Å². The second kappa shape index (κ2) is 13.7. The molecule has 1 aliphatic rings. The lowest BCUT2D eigenvalue weighted by Gasteiger charge is -2.29. The smallest absolute Gasteiger partial charge is 0.174 e. The Hall–Kier alpha value is -2.94. The molecule has 0 amide bonds. The number of fused-ring (bicyclic) bond motifs is 1. The van der Waals surface area contributed by atoms with E-state index in [-0.39, 0.29) is 23.5 Å². The minimum Gasteiger partial charge on any atom is -0.507 e. The van der Waals surface area contributed by atoms with E-state index < -0.39 is 6.10 Å².